The number of hydrogen-bond acceptors (Lipinski definition) is 7. The summed E-state index contributed by atoms with van der Waals surface area (Å²) >= 11 is 6.28. The van der Waals surface area contributed by atoms with Gasteiger partial charge in [0, 0.05) is 38.3 Å². The van der Waals surface area contributed by atoms with E-state index in [1.54, 1.807) is 31.2 Å². The Morgan fingerprint density at radius 3 is 2.28 bits per heavy atom. The molecule has 2 rings (SSSR count). The quantitative estimate of drug-likeness (QED) is 0.113. The van der Waals surface area contributed by atoms with Gasteiger partial charge in [-0.1, -0.05) is 87.0 Å². The number of amides is 2. The second-order valence-corrected chi connectivity index (χ2v) is 12.0. The smallest absolute Gasteiger partial charge is 0.335 e. The Bertz CT molecular complexity index is 1330. The zero-order valence-corrected chi connectivity index (χ0v) is 28.3. The molecule has 5 atom stereocenters. The number of carbonyl (C=O) groups excluding carboxylic acids is 4. The van der Waals surface area contributed by atoms with Crippen molar-refractivity contribution in [2.75, 3.05) is 14.2 Å². The summed E-state index contributed by atoms with van der Waals surface area (Å²) in [7, 11) is 2.99. The van der Waals surface area contributed by atoms with Gasteiger partial charge in [0.25, 0.3) is 0 Å². The van der Waals surface area contributed by atoms with Gasteiger partial charge in [-0.15, -0.1) is 0 Å². The predicted molar refractivity (Wildman–Crippen MR) is 180 cm³/mol. The summed E-state index contributed by atoms with van der Waals surface area (Å²) < 4.78 is 16.5. The van der Waals surface area contributed by atoms with Crippen LogP contribution in [0.15, 0.2) is 66.8 Å². The van der Waals surface area contributed by atoms with E-state index in [0.29, 0.717) is 22.8 Å². The molecular formula is C36H47ClN2O7. The Morgan fingerprint density at radius 1 is 0.957 bits per heavy atom. The van der Waals surface area contributed by atoms with E-state index in [1.807, 2.05) is 63.3 Å². The summed E-state index contributed by atoms with van der Waals surface area (Å²) in [5.41, 5.74) is 1.72. The molecule has 0 saturated carbocycles. The SMILES string of the molecule is COc1ccc(CC(NC(=O)/C=C/CC(OC(=O)C(CC(C)C)OC)C(C)/C=C\c2ccccc2)C(=O)NC(C)CC=O)cc1Cl. The van der Waals surface area contributed by atoms with E-state index in [4.69, 9.17) is 25.8 Å². The Labute approximate surface area is 277 Å². The fourth-order valence-corrected chi connectivity index (χ4v) is 4.90. The normalized spacial score (nSPS) is 14.8. The lowest BCUT2D eigenvalue weighted by atomic mass is 9.99. The number of benzene rings is 2. The number of ether oxygens (including phenoxy) is 3. The number of methoxy groups -OCH3 is 2. The van der Waals surface area contributed by atoms with Gasteiger partial charge in [-0.05, 0) is 48.6 Å². The van der Waals surface area contributed by atoms with Crippen LogP contribution in [0.3, 0.4) is 0 Å². The molecule has 0 saturated heterocycles. The third-order valence-electron chi connectivity index (χ3n) is 7.24. The minimum atomic E-state index is -0.949. The Balaban J connectivity index is 2.21. The lowest BCUT2D eigenvalue weighted by molar-refractivity contribution is -0.163. The van der Waals surface area contributed by atoms with Crippen LogP contribution in [0, 0.1) is 11.8 Å². The summed E-state index contributed by atoms with van der Waals surface area (Å²) in [5.74, 6) is -0.873. The maximum Gasteiger partial charge on any atom is 0.335 e. The molecule has 0 aliphatic heterocycles. The highest BCUT2D eigenvalue weighted by Crippen LogP contribution is 2.25. The molecule has 5 unspecified atom stereocenters. The van der Waals surface area contributed by atoms with Crippen molar-refractivity contribution >= 4 is 41.7 Å². The molecule has 0 bridgehead atoms. The van der Waals surface area contributed by atoms with Crippen molar-refractivity contribution in [1.29, 1.82) is 0 Å². The minimum Gasteiger partial charge on any atom is -0.495 e. The molecule has 9 nitrogen and oxygen atoms in total. The van der Waals surface area contributed by atoms with Crippen molar-refractivity contribution in [3.63, 3.8) is 0 Å². The second-order valence-electron chi connectivity index (χ2n) is 11.6. The summed E-state index contributed by atoms with van der Waals surface area (Å²) in [6.45, 7) is 7.65. The molecule has 10 heteroatoms. The van der Waals surface area contributed by atoms with Gasteiger partial charge in [0.05, 0.1) is 12.1 Å². The van der Waals surface area contributed by atoms with Gasteiger partial charge in [0.2, 0.25) is 11.8 Å². The first-order valence-corrected chi connectivity index (χ1v) is 15.8. The highest BCUT2D eigenvalue weighted by atomic mass is 35.5. The Hall–Kier alpha value is -3.95. The van der Waals surface area contributed by atoms with Crippen molar-refractivity contribution in [1.82, 2.24) is 10.6 Å². The summed E-state index contributed by atoms with van der Waals surface area (Å²) in [4.78, 5) is 50.2. The first-order chi connectivity index (χ1) is 22.0. The van der Waals surface area contributed by atoms with Gasteiger partial charge < -0.3 is 29.6 Å². The van der Waals surface area contributed by atoms with Crippen LogP contribution in [0.5, 0.6) is 5.75 Å². The Morgan fingerprint density at radius 2 is 1.67 bits per heavy atom. The van der Waals surface area contributed by atoms with Gasteiger partial charge in [0.15, 0.2) is 6.10 Å². The summed E-state index contributed by atoms with van der Waals surface area (Å²) in [6, 6.07) is 13.5. The number of halogens is 1. The molecule has 2 amide bonds. The van der Waals surface area contributed by atoms with Crippen LogP contribution in [0.1, 0.15) is 58.1 Å². The number of rotatable bonds is 19. The topological polar surface area (TPSA) is 120 Å². The summed E-state index contributed by atoms with van der Waals surface area (Å²) in [5, 5.41) is 5.90. The monoisotopic (exact) mass is 654 g/mol. The molecule has 0 spiro atoms. The van der Waals surface area contributed by atoms with E-state index in [2.05, 4.69) is 10.6 Å². The molecule has 250 valence electrons. The number of nitrogens with one attached hydrogen (secondary N) is 2. The van der Waals surface area contributed by atoms with Crippen molar-refractivity contribution in [2.24, 2.45) is 11.8 Å². The fourth-order valence-electron chi connectivity index (χ4n) is 4.62. The Kier molecular flexibility index (Phi) is 16.8. The molecule has 0 radical (unpaired) electrons. The molecule has 2 aromatic carbocycles. The van der Waals surface area contributed by atoms with E-state index >= 15 is 0 Å². The summed E-state index contributed by atoms with van der Waals surface area (Å²) in [6.07, 6.45) is 7.38. The number of aldehydes is 1. The van der Waals surface area contributed by atoms with Crippen molar-refractivity contribution < 1.29 is 33.4 Å². The lowest BCUT2D eigenvalue weighted by Gasteiger charge is -2.24. The first-order valence-electron chi connectivity index (χ1n) is 15.5. The third-order valence-corrected chi connectivity index (χ3v) is 7.54. The standard InChI is InChI=1S/C36H47ClN2O7/c1-24(2)21-33(45-6)36(43)46-31(25(3)15-16-27-11-8-7-9-12-27)13-10-14-34(41)39-30(35(42)38-26(4)19-20-40)23-28-17-18-32(44-5)29(37)22-28/h7-12,14-18,20,22,24-26,30-31,33H,13,19,21,23H2,1-6H3,(H,38,42)(H,39,41)/b14-10+,16-15-. The van der Waals surface area contributed by atoms with E-state index in [0.717, 1.165) is 11.8 Å². The van der Waals surface area contributed by atoms with Crippen LogP contribution < -0.4 is 15.4 Å². The average molecular weight is 655 g/mol. The van der Waals surface area contributed by atoms with Crippen LogP contribution >= 0.6 is 11.6 Å². The van der Waals surface area contributed by atoms with Crippen LogP contribution in [0.2, 0.25) is 5.02 Å². The predicted octanol–water partition coefficient (Wildman–Crippen LogP) is 5.74. The van der Waals surface area contributed by atoms with Crippen molar-refractivity contribution in [2.45, 2.75) is 77.7 Å². The second kappa shape index (κ2) is 20.2. The van der Waals surface area contributed by atoms with Crippen LogP contribution in [0.4, 0.5) is 0 Å². The highest BCUT2D eigenvalue weighted by Gasteiger charge is 2.27. The molecule has 2 aromatic rings. The molecule has 0 heterocycles. The molecule has 0 aliphatic carbocycles. The third kappa shape index (κ3) is 13.6. The molecule has 0 aliphatic rings. The van der Waals surface area contributed by atoms with Gasteiger partial charge in [-0.25, -0.2) is 4.79 Å². The molecule has 46 heavy (non-hydrogen) atoms. The van der Waals surface area contributed by atoms with Crippen molar-refractivity contribution in [3.05, 3.63) is 82.9 Å². The fraction of sp³-hybridized carbons (Fsp3) is 0.444. The number of hydrogen-bond donors (Lipinski definition) is 2. The van der Waals surface area contributed by atoms with Crippen LogP contribution in [-0.2, 0) is 35.1 Å². The van der Waals surface area contributed by atoms with Gasteiger partial charge >= 0.3 is 5.97 Å². The van der Waals surface area contributed by atoms with E-state index in [1.165, 1.54) is 20.3 Å². The van der Waals surface area contributed by atoms with E-state index in [9.17, 15) is 19.2 Å². The lowest BCUT2D eigenvalue weighted by Crippen LogP contribution is -2.49. The molecular weight excluding hydrogens is 608 g/mol. The van der Waals surface area contributed by atoms with E-state index < -0.39 is 42.1 Å². The van der Waals surface area contributed by atoms with Crippen molar-refractivity contribution in [3.8, 4) is 5.75 Å². The number of carbonyl (C=O) groups is 4. The van der Waals surface area contributed by atoms with Gasteiger partial charge in [-0.3, -0.25) is 9.59 Å². The molecule has 2 N–H and O–H groups in total. The number of esters is 1. The molecule has 0 fully saturated rings. The molecule has 0 aromatic heterocycles. The van der Waals surface area contributed by atoms with Gasteiger partial charge in [-0.2, -0.15) is 0 Å². The first kappa shape index (κ1) is 38.2. The average Bonchev–Trinajstić information content (AvgIpc) is 3.02. The highest BCUT2D eigenvalue weighted by molar-refractivity contribution is 6.32. The zero-order chi connectivity index (χ0) is 34.1. The maximum atomic E-state index is 13.1. The maximum absolute atomic E-state index is 13.1. The van der Waals surface area contributed by atoms with Gasteiger partial charge in [0.1, 0.15) is 24.2 Å². The largest absolute Gasteiger partial charge is 0.495 e. The van der Waals surface area contributed by atoms with E-state index in [-0.39, 0.29) is 31.1 Å². The minimum absolute atomic E-state index is 0.138. The van der Waals surface area contributed by atoms with Crippen LogP contribution in [0.25, 0.3) is 6.08 Å². The zero-order valence-electron chi connectivity index (χ0n) is 27.5. The van der Waals surface area contributed by atoms with Crippen LogP contribution in [-0.4, -0.2) is 62.6 Å².